The highest BCUT2D eigenvalue weighted by molar-refractivity contribution is 5.67. The predicted molar refractivity (Wildman–Crippen MR) is 52.9 cm³/mol. The minimum Gasteiger partial charge on any atom is -1.00 e. The zero-order valence-electron chi connectivity index (χ0n) is 8.55. The van der Waals surface area contributed by atoms with Crippen molar-refractivity contribution in [3.8, 4) is 11.7 Å². The Kier molecular flexibility index (Phi) is 2.95. The molecule has 0 aliphatic carbocycles. The Bertz CT molecular complexity index is 602. The lowest BCUT2D eigenvalue weighted by Crippen LogP contribution is -3.00. The Morgan fingerprint density at radius 3 is 2.81 bits per heavy atom. The highest BCUT2D eigenvalue weighted by Gasteiger charge is 2.19. The van der Waals surface area contributed by atoms with Crippen LogP contribution in [-0.2, 0) is 7.05 Å². The molecule has 0 aliphatic rings. The molecule has 5 heteroatoms. The number of nitrogens with zero attached hydrogens (tertiary/aromatic N) is 2. The molecule has 3 aromatic heterocycles. The number of hydrogen-bond acceptors (Lipinski definition) is 3. The maximum Gasteiger partial charge on any atom is 0.377 e. The second-order valence-corrected chi connectivity index (χ2v) is 3.30. The van der Waals surface area contributed by atoms with Crippen LogP contribution in [0.5, 0.6) is 0 Å². The molecule has 16 heavy (non-hydrogen) atoms. The lowest BCUT2D eigenvalue weighted by atomic mass is 10.4. The van der Waals surface area contributed by atoms with Crippen molar-refractivity contribution in [2.45, 2.75) is 0 Å². The molecular weight excluding hydrogens is 319 g/mol. The largest absolute Gasteiger partial charge is 1.00 e. The lowest BCUT2D eigenvalue weighted by Gasteiger charge is -1.85. The molecule has 0 aliphatic heterocycles. The minimum absolute atomic E-state index is 0. The van der Waals surface area contributed by atoms with Gasteiger partial charge in [0.25, 0.3) is 0 Å². The summed E-state index contributed by atoms with van der Waals surface area (Å²) in [4.78, 5) is 4.36. The van der Waals surface area contributed by atoms with Crippen LogP contribution in [0.15, 0.2) is 45.6 Å². The summed E-state index contributed by atoms with van der Waals surface area (Å²) in [6.45, 7) is 0. The molecule has 3 heterocycles. The van der Waals surface area contributed by atoms with Crippen LogP contribution in [0.25, 0.3) is 22.9 Å². The van der Waals surface area contributed by atoms with E-state index in [-0.39, 0.29) is 24.0 Å². The third kappa shape index (κ3) is 1.71. The zero-order chi connectivity index (χ0) is 10.3. The maximum atomic E-state index is 5.57. The fourth-order valence-electron chi connectivity index (χ4n) is 1.52. The average molecular weight is 328 g/mol. The van der Waals surface area contributed by atoms with Gasteiger partial charge in [-0.25, -0.2) is 4.57 Å². The van der Waals surface area contributed by atoms with Crippen molar-refractivity contribution in [1.82, 2.24) is 4.98 Å². The summed E-state index contributed by atoms with van der Waals surface area (Å²) in [5.41, 5.74) is 1.57. The molecule has 3 aromatic rings. The third-order valence-corrected chi connectivity index (χ3v) is 2.26. The Morgan fingerprint density at radius 2 is 2.12 bits per heavy atom. The topological polar surface area (TPSA) is 43.0 Å². The van der Waals surface area contributed by atoms with Crippen LogP contribution in [-0.4, -0.2) is 4.98 Å². The van der Waals surface area contributed by atoms with E-state index >= 15 is 0 Å². The van der Waals surface area contributed by atoms with Crippen LogP contribution >= 0.6 is 0 Å². The monoisotopic (exact) mass is 328 g/mol. The minimum atomic E-state index is 0. The van der Waals surface area contributed by atoms with E-state index in [1.807, 2.05) is 42.1 Å². The van der Waals surface area contributed by atoms with E-state index in [1.165, 1.54) is 0 Å². The second-order valence-electron chi connectivity index (χ2n) is 3.30. The Balaban J connectivity index is 0.000000963. The molecule has 3 rings (SSSR count). The Morgan fingerprint density at radius 1 is 1.25 bits per heavy atom. The highest BCUT2D eigenvalue weighted by atomic mass is 127. The van der Waals surface area contributed by atoms with Crippen molar-refractivity contribution in [1.29, 1.82) is 0 Å². The van der Waals surface area contributed by atoms with Gasteiger partial charge >= 0.3 is 11.5 Å². The number of fused-ring (bicyclic) bond motifs is 1. The number of pyridine rings is 1. The molecule has 0 saturated carbocycles. The van der Waals surface area contributed by atoms with Gasteiger partial charge in [0.2, 0.25) is 11.3 Å². The van der Waals surface area contributed by atoms with Gasteiger partial charge in [-0.05, 0) is 24.3 Å². The smallest absolute Gasteiger partial charge is 0.377 e. The quantitative estimate of drug-likeness (QED) is 0.422. The standard InChI is InChI=1S/C11H9N2O2.HI/c1-13-6-2-4-8-10(13)12-11(15-8)9-5-3-7-14-9;/h2-7H,1H3;1H/q+1;/p-1. The number of rotatable bonds is 1. The third-order valence-electron chi connectivity index (χ3n) is 2.26. The van der Waals surface area contributed by atoms with Gasteiger partial charge in [-0.3, -0.25) is 0 Å². The number of hydrogen-bond donors (Lipinski definition) is 0. The number of aryl methyl sites for hydroxylation is 1. The summed E-state index contributed by atoms with van der Waals surface area (Å²) < 4.78 is 12.7. The first kappa shape index (κ1) is 11.1. The molecule has 0 bridgehead atoms. The molecule has 0 aromatic carbocycles. The molecule has 0 N–H and O–H groups in total. The molecule has 0 saturated heterocycles. The van der Waals surface area contributed by atoms with E-state index in [9.17, 15) is 0 Å². The van der Waals surface area contributed by atoms with Gasteiger partial charge in [-0.15, -0.1) is 0 Å². The summed E-state index contributed by atoms with van der Waals surface area (Å²) in [5, 5.41) is 0. The Hall–Kier alpha value is -1.37. The summed E-state index contributed by atoms with van der Waals surface area (Å²) in [7, 11) is 1.93. The molecular formula is C11H9IN2O2. The molecule has 0 fully saturated rings. The number of furan rings is 1. The first-order chi connectivity index (χ1) is 7.34. The molecule has 0 amide bonds. The van der Waals surface area contributed by atoms with Crippen molar-refractivity contribution in [3.63, 3.8) is 0 Å². The van der Waals surface area contributed by atoms with Gasteiger partial charge in [0.15, 0.2) is 0 Å². The van der Waals surface area contributed by atoms with E-state index in [2.05, 4.69) is 4.98 Å². The van der Waals surface area contributed by atoms with Crippen LogP contribution in [0.3, 0.4) is 0 Å². The number of aromatic nitrogens is 2. The molecule has 4 nitrogen and oxygen atoms in total. The molecule has 82 valence electrons. The van der Waals surface area contributed by atoms with Gasteiger partial charge in [0, 0.05) is 4.98 Å². The zero-order valence-corrected chi connectivity index (χ0v) is 10.7. The van der Waals surface area contributed by atoms with Gasteiger partial charge in [0.05, 0.1) is 19.5 Å². The van der Waals surface area contributed by atoms with Crippen molar-refractivity contribution in [2.24, 2.45) is 7.05 Å². The van der Waals surface area contributed by atoms with E-state index in [0.29, 0.717) is 11.7 Å². The SMILES string of the molecule is C[n+]1cccc2oc(-c3ccco3)nc21.[I-]. The molecule has 0 unspecified atom stereocenters. The van der Waals surface area contributed by atoms with E-state index in [4.69, 9.17) is 8.83 Å². The van der Waals surface area contributed by atoms with Gasteiger partial charge in [-0.2, -0.15) is 0 Å². The summed E-state index contributed by atoms with van der Waals surface area (Å²) >= 11 is 0. The summed E-state index contributed by atoms with van der Waals surface area (Å²) in [6, 6.07) is 7.43. The fraction of sp³-hybridized carbons (Fsp3) is 0.0909. The summed E-state index contributed by atoms with van der Waals surface area (Å²) in [6.07, 6.45) is 3.53. The lowest BCUT2D eigenvalue weighted by molar-refractivity contribution is -0.646. The number of oxazole rings is 1. The maximum absolute atomic E-state index is 5.57. The predicted octanol–water partition coefficient (Wildman–Crippen LogP) is -1.08. The van der Waals surface area contributed by atoms with Gasteiger partial charge < -0.3 is 32.8 Å². The van der Waals surface area contributed by atoms with Crippen LogP contribution in [0.4, 0.5) is 0 Å². The average Bonchev–Trinajstić information content (AvgIpc) is 2.86. The van der Waals surface area contributed by atoms with E-state index < -0.39 is 0 Å². The highest BCUT2D eigenvalue weighted by Crippen LogP contribution is 2.22. The van der Waals surface area contributed by atoms with Crippen LogP contribution in [0.1, 0.15) is 0 Å². The fourth-order valence-corrected chi connectivity index (χ4v) is 1.52. The van der Waals surface area contributed by atoms with Gasteiger partial charge in [0.1, 0.15) is 0 Å². The molecule has 0 spiro atoms. The molecule has 0 radical (unpaired) electrons. The number of halogens is 1. The normalized spacial score (nSPS) is 10.3. The first-order valence-corrected chi connectivity index (χ1v) is 4.63. The van der Waals surface area contributed by atoms with Crippen LogP contribution in [0, 0.1) is 0 Å². The summed E-state index contributed by atoms with van der Waals surface area (Å²) in [5.74, 6) is 1.16. The van der Waals surface area contributed by atoms with Crippen molar-refractivity contribution < 1.29 is 37.4 Å². The van der Waals surface area contributed by atoms with Crippen molar-refractivity contribution >= 4 is 11.2 Å². The van der Waals surface area contributed by atoms with Gasteiger partial charge in [-0.1, -0.05) is 0 Å². The first-order valence-electron chi connectivity index (χ1n) is 4.63. The van der Waals surface area contributed by atoms with Crippen molar-refractivity contribution in [2.75, 3.05) is 0 Å². The second kappa shape index (κ2) is 4.25. The Labute approximate surface area is 109 Å². The van der Waals surface area contributed by atoms with E-state index in [0.717, 1.165) is 11.2 Å². The molecule has 0 atom stereocenters. The van der Waals surface area contributed by atoms with Crippen molar-refractivity contribution in [3.05, 3.63) is 36.7 Å². The van der Waals surface area contributed by atoms with Crippen LogP contribution < -0.4 is 28.5 Å². The van der Waals surface area contributed by atoms with E-state index in [1.54, 1.807) is 6.26 Å². The van der Waals surface area contributed by atoms with Crippen LogP contribution in [0.2, 0.25) is 0 Å².